The van der Waals surface area contributed by atoms with Crippen LogP contribution >= 0.6 is 47.9 Å². The molecule has 31 heavy (non-hydrogen) atoms. The molecule has 1 aliphatic heterocycles. The Morgan fingerprint density at radius 3 is 2.45 bits per heavy atom. The molecule has 2 heterocycles. The molecule has 0 radical (unpaired) electrons. The number of aromatic nitrogens is 2. The van der Waals surface area contributed by atoms with Gasteiger partial charge in [0, 0.05) is 11.8 Å². The van der Waals surface area contributed by atoms with Gasteiger partial charge in [0.2, 0.25) is 6.23 Å². The van der Waals surface area contributed by atoms with Crippen LogP contribution in [0.3, 0.4) is 0 Å². The average Bonchev–Trinajstić information content (AvgIpc) is 2.90. The van der Waals surface area contributed by atoms with Crippen molar-refractivity contribution in [3.63, 3.8) is 0 Å². The van der Waals surface area contributed by atoms with Crippen LogP contribution in [-0.4, -0.2) is 59.0 Å². The number of aromatic amines is 1. The van der Waals surface area contributed by atoms with Crippen molar-refractivity contribution in [3.05, 3.63) is 32.6 Å². The highest BCUT2D eigenvalue weighted by Crippen LogP contribution is 2.66. The van der Waals surface area contributed by atoms with Crippen LogP contribution in [0.1, 0.15) is 14.5 Å². The molecule has 0 aliphatic carbocycles. The predicted octanol–water partition coefficient (Wildman–Crippen LogP) is 1.47. The van der Waals surface area contributed by atoms with Crippen LogP contribution in [0.25, 0.3) is 4.85 Å². The van der Waals surface area contributed by atoms with Gasteiger partial charge in [0.25, 0.3) is 6.04 Å². The summed E-state index contributed by atoms with van der Waals surface area (Å²) in [5.74, 6) is 0. The minimum atomic E-state index is -5.92. The van der Waals surface area contributed by atoms with Gasteiger partial charge in [-0.25, -0.2) is 20.3 Å². The third-order valence-electron chi connectivity index (χ3n) is 3.51. The van der Waals surface area contributed by atoms with Gasteiger partial charge in [0.1, 0.15) is 10.7 Å². The van der Waals surface area contributed by atoms with Gasteiger partial charge in [0.15, 0.2) is 10.9 Å². The lowest BCUT2D eigenvalue weighted by molar-refractivity contribution is -0.0446. The van der Waals surface area contributed by atoms with Crippen LogP contribution in [0, 0.1) is 22.9 Å². The summed E-state index contributed by atoms with van der Waals surface area (Å²) < 4.78 is 67.8. The third-order valence-corrected chi connectivity index (χ3v) is 7.91. The number of nitrogens with one attached hydrogen (secondary N) is 1. The summed E-state index contributed by atoms with van der Waals surface area (Å²) in [5, 5.41) is 10.4. The van der Waals surface area contributed by atoms with Gasteiger partial charge in [-0.15, -0.1) is 0 Å². The SMILES string of the molecule is [2H]C([2H])(OP(=O)(O)OP(=O)(O)OP(=O)(O)O)[C@@H]1O[C@H](n2cc(C)c(=S)[nH]c2=S)[C@H]([N+]#[C-])C1O. The Bertz CT molecular complexity index is 1230. The van der Waals surface area contributed by atoms with Crippen LogP contribution in [0.5, 0.6) is 0 Å². The summed E-state index contributed by atoms with van der Waals surface area (Å²) in [7, 11) is -17.5. The molecule has 3 unspecified atom stereocenters. The lowest BCUT2D eigenvalue weighted by Gasteiger charge is -2.19. The fourth-order valence-electron chi connectivity index (χ4n) is 2.32. The van der Waals surface area contributed by atoms with E-state index in [0.717, 1.165) is 4.57 Å². The molecule has 20 heteroatoms. The fourth-order valence-corrected chi connectivity index (χ4v) is 5.67. The standard InChI is InChI=1S/C11H16N3O12P3S2/c1-5-3-14(11(31)13-9(5)30)10-7(12-2)8(15)6(24-10)4-23-28(19,20)26-29(21,22)25-27(16,17)18/h3,6-8,10,15H,4H2,1H3,(H,19,20)(H,21,22)(H,13,30,31)(H2,16,17,18)/t6-,7+,8?,10-/m0/s1/i4D2. The van der Waals surface area contributed by atoms with E-state index < -0.39 is 54.5 Å². The summed E-state index contributed by atoms with van der Waals surface area (Å²) in [5.41, 5.74) is 0.486. The van der Waals surface area contributed by atoms with Crippen LogP contribution < -0.4 is 0 Å². The number of rotatable bonds is 8. The zero-order chi connectivity index (χ0) is 25.6. The van der Waals surface area contributed by atoms with Gasteiger partial charge in [-0.05, 0) is 19.1 Å². The number of hydrogen-bond acceptors (Lipinski definition) is 10. The highest BCUT2D eigenvalue weighted by molar-refractivity contribution is 7.72. The number of phosphoric ester groups is 1. The summed E-state index contributed by atoms with van der Waals surface area (Å²) in [4.78, 5) is 41.7. The number of aliphatic hydroxyl groups is 1. The highest BCUT2D eigenvalue weighted by Gasteiger charge is 2.51. The highest BCUT2D eigenvalue weighted by atomic mass is 32.1. The summed E-state index contributed by atoms with van der Waals surface area (Å²) in [6.07, 6.45) is -4.16. The van der Waals surface area contributed by atoms with E-state index in [1.54, 1.807) is 6.92 Å². The van der Waals surface area contributed by atoms with E-state index in [4.69, 9.17) is 48.3 Å². The Kier molecular flexibility index (Phi) is 7.34. The van der Waals surface area contributed by atoms with Gasteiger partial charge in [0.05, 0.1) is 9.30 Å². The minimum absolute atomic E-state index is 0.0504. The summed E-state index contributed by atoms with van der Waals surface area (Å²) in [6, 6.07) is -1.50. The molecule has 0 saturated carbocycles. The molecule has 1 fully saturated rings. The number of hydrogen-bond donors (Lipinski definition) is 6. The van der Waals surface area contributed by atoms with Crippen molar-refractivity contribution >= 4 is 47.9 Å². The number of aliphatic hydroxyl groups excluding tert-OH is 1. The van der Waals surface area contributed by atoms with Crippen molar-refractivity contribution in [2.24, 2.45) is 0 Å². The summed E-state index contributed by atoms with van der Waals surface area (Å²) in [6.45, 7) is 5.44. The molecule has 2 rings (SSSR count). The lowest BCUT2D eigenvalue weighted by atomic mass is 10.1. The Morgan fingerprint density at radius 1 is 1.29 bits per heavy atom. The summed E-state index contributed by atoms with van der Waals surface area (Å²) >= 11 is 10.1. The normalized spacial score (nSPS) is 29.3. The maximum Gasteiger partial charge on any atom is 0.490 e. The van der Waals surface area contributed by atoms with Crippen LogP contribution in [0.15, 0.2) is 6.20 Å². The van der Waals surface area contributed by atoms with Gasteiger partial charge in [-0.3, -0.25) is 9.09 Å². The van der Waals surface area contributed by atoms with Crippen molar-refractivity contribution in [2.75, 3.05) is 6.56 Å². The van der Waals surface area contributed by atoms with E-state index in [1.807, 2.05) is 0 Å². The smallest absolute Gasteiger partial charge is 0.382 e. The van der Waals surface area contributed by atoms with Crippen molar-refractivity contribution < 1.29 is 59.0 Å². The number of nitrogens with zero attached hydrogens (tertiary/aromatic N) is 2. The average molecular weight is 541 g/mol. The first-order valence-electron chi connectivity index (χ1n) is 8.65. The van der Waals surface area contributed by atoms with Crippen LogP contribution in [0.2, 0.25) is 0 Å². The molecular weight excluding hydrogens is 523 g/mol. The van der Waals surface area contributed by atoms with Gasteiger partial charge in [-0.1, -0.05) is 12.2 Å². The van der Waals surface area contributed by atoms with Crippen molar-refractivity contribution in [2.45, 2.75) is 31.4 Å². The minimum Gasteiger partial charge on any atom is -0.382 e. The molecule has 0 spiro atoms. The number of aryl methyl sites for hydroxylation is 1. The molecule has 1 aromatic heterocycles. The molecular formula is C11H16N3O12P3S2. The number of ether oxygens (including phenoxy) is 1. The molecule has 6 atom stereocenters. The van der Waals surface area contributed by atoms with E-state index in [1.165, 1.54) is 6.20 Å². The zero-order valence-electron chi connectivity index (χ0n) is 17.0. The second-order valence-electron chi connectivity index (χ2n) is 5.84. The zero-order valence-corrected chi connectivity index (χ0v) is 19.3. The molecule has 0 amide bonds. The molecule has 0 aromatic carbocycles. The molecule has 174 valence electrons. The molecule has 6 N–H and O–H groups in total. The second kappa shape index (κ2) is 9.68. The van der Waals surface area contributed by atoms with Gasteiger partial charge in [-0.2, -0.15) is 8.62 Å². The Morgan fingerprint density at radius 2 is 1.90 bits per heavy atom. The van der Waals surface area contributed by atoms with E-state index >= 15 is 0 Å². The Balaban J connectivity index is 2.33. The maximum atomic E-state index is 12.0. The second-order valence-corrected chi connectivity index (χ2v) is 11.0. The van der Waals surface area contributed by atoms with Crippen molar-refractivity contribution in [1.82, 2.24) is 9.55 Å². The molecule has 1 saturated heterocycles. The number of phosphoric acid groups is 3. The first kappa shape index (κ1) is 23.5. The van der Waals surface area contributed by atoms with E-state index in [-0.39, 0.29) is 9.41 Å². The predicted molar refractivity (Wildman–Crippen MR) is 105 cm³/mol. The largest absolute Gasteiger partial charge is 0.490 e. The topological polar surface area (TPSA) is 214 Å². The molecule has 1 aromatic rings. The van der Waals surface area contributed by atoms with Gasteiger partial charge >= 0.3 is 23.5 Å². The van der Waals surface area contributed by atoms with E-state index in [0.29, 0.717) is 5.56 Å². The molecule has 15 nitrogen and oxygen atoms in total. The van der Waals surface area contributed by atoms with Crippen LogP contribution in [-0.2, 0) is 31.6 Å². The van der Waals surface area contributed by atoms with Crippen molar-refractivity contribution in [1.29, 1.82) is 0 Å². The first-order chi connectivity index (χ1) is 14.8. The molecule has 0 bridgehead atoms. The number of H-pyrrole nitrogens is 1. The lowest BCUT2D eigenvalue weighted by Crippen LogP contribution is -2.32. The molecule has 1 aliphatic rings. The van der Waals surface area contributed by atoms with E-state index in [2.05, 4.69) is 23.0 Å². The van der Waals surface area contributed by atoms with Crippen molar-refractivity contribution in [3.8, 4) is 0 Å². The quantitative estimate of drug-likeness (QED) is 0.156. The Hall–Kier alpha value is -0.660. The third kappa shape index (κ3) is 7.16. The van der Waals surface area contributed by atoms with E-state index in [9.17, 15) is 28.6 Å². The first-order valence-corrected chi connectivity index (χ1v) is 13.0. The monoisotopic (exact) mass is 541 g/mol. The van der Waals surface area contributed by atoms with Crippen LogP contribution in [0.4, 0.5) is 0 Å². The maximum absolute atomic E-state index is 12.0. The Labute approximate surface area is 187 Å². The van der Waals surface area contributed by atoms with Gasteiger partial charge < -0.3 is 39.2 Å². The fraction of sp³-hybridized carbons (Fsp3) is 0.545.